The first kappa shape index (κ1) is 19.8. The molecule has 4 aromatic rings. The van der Waals surface area contributed by atoms with E-state index in [0.717, 1.165) is 42.5 Å². The second-order valence-electron chi connectivity index (χ2n) is 8.47. The van der Waals surface area contributed by atoms with Crippen LogP contribution in [0.4, 0.5) is 14.5 Å². The van der Waals surface area contributed by atoms with E-state index in [9.17, 15) is 9.18 Å². The molecule has 0 saturated carbocycles. The standard InChI is InChI=1S/C24H24F2N4O/c1-29-7-5-14(6-8-29)16-11-23-17(10-20(16)26)19(13-30(23)2)24(31)28-22-12-27-21-4-3-15(25)9-18(21)22/h3-4,9-14,27H,5-8H2,1-2H3,(H,28,31). The van der Waals surface area contributed by atoms with Crippen molar-refractivity contribution in [2.75, 3.05) is 25.5 Å². The molecule has 0 bridgehead atoms. The van der Waals surface area contributed by atoms with Gasteiger partial charge in [-0.05, 0) is 74.8 Å². The van der Waals surface area contributed by atoms with Crippen LogP contribution in [0, 0.1) is 11.6 Å². The maximum absolute atomic E-state index is 15.1. The number of aryl methyl sites for hydroxylation is 1. The summed E-state index contributed by atoms with van der Waals surface area (Å²) in [5.74, 6) is -0.816. The third kappa shape index (κ3) is 3.49. The average molecular weight is 422 g/mol. The van der Waals surface area contributed by atoms with Gasteiger partial charge in [-0.15, -0.1) is 0 Å². The fourth-order valence-electron chi connectivity index (χ4n) is 4.62. The minimum absolute atomic E-state index is 0.189. The van der Waals surface area contributed by atoms with Crippen molar-refractivity contribution in [3.05, 3.63) is 65.5 Å². The molecule has 1 saturated heterocycles. The summed E-state index contributed by atoms with van der Waals surface area (Å²) in [5, 5.41) is 4.00. The number of rotatable bonds is 3. The minimum atomic E-state index is -0.378. The monoisotopic (exact) mass is 422 g/mol. The highest BCUT2D eigenvalue weighted by molar-refractivity contribution is 6.15. The van der Waals surface area contributed by atoms with E-state index in [4.69, 9.17) is 0 Å². The van der Waals surface area contributed by atoms with E-state index in [0.29, 0.717) is 22.0 Å². The van der Waals surface area contributed by atoms with Gasteiger partial charge in [0.2, 0.25) is 0 Å². The molecule has 0 unspecified atom stereocenters. The Labute approximate surface area is 178 Å². The average Bonchev–Trinajstić information content (AvgIpc) is 3.28. The van der Waals surface area contributed by atoms with E-state index in [1.807, 2.05) is 17.7 Å². The van der Waals surface area contributed by atoms with Gasteiger partial charge in [-0.25, -0.2) is 8.78 Å². The number of fused-ring (bicyclic) bond motifs is 2. The van der Waals surface area contributed by atoms with Crippen molar-refractivity contribution >= 4 is 33.4 Å². The van der Waals surface area contributed by atoms with Gasteiger partial charge in [0, 0.05) is 41.2 Å². The third-order valence-corrected chi connectivity index (χ3v) is 6.40. The number of amides is 1. The van der Waals surface area contributed by atoms with Crippen molar-refractivity contribution in [3.8, 4) is 0 Å². The van der Waals surface area contributed by atoms with E-state index >= 15 is 4.39 Å². The zero-order chi connectivity index (χ0) is 21.7. The van der Waals surface area contributed by atoms with Crippen LogP contribution < -0.4 is 5.32 Å². The molecule has 1 aliphatic heterocycles. The summed E-state index contributed by atoms with van der Waals surface area (Å²) in [4.78, 5) is 18.3. The number of H-pyrrole nitrogens is 1. The number of halogens is 2. The molecule has 1 amide bonds. The summed E-state index contributed by atoms with van der Waals surface area (Å²) in [6.45, 7) is 1.91. The van der Waals surface area contributed by atoms with Gasteiger partial charge in [-0.1, -0.05) is 0 Å². The molecule has 0 atom stereocenters. The number of piperidine rings is 1. The van der Waals surface area contributed by atoms with Crippen molar-refractivity contribution in [3.63, 3.8) is 0 Å². The lowest BCUT2D eigenvalue weighted by molar-refractivity contribution is 0.102. The Kier molecular flexibility index (Phi) is 4.78. The maximum atomic E-state index is 15.1. The number of carbonyl (C=O) groups is 1. The lowest BCUT2D eigenvalue weighted by atomic mass is 9.88. The van der Waals surface area contributed by atoms with E-state index in [1.54, 1.807) is 18.5 Å². The molecule has 1 aliphatic rings. The topological polar surface area (TPSA) is 53.1 Å². The summed E-state index contributed by atoms with van der Waals surface area (Å²) in [6.07, 6.45) is 5.20. The molecule has 2 aromatic heterocycles. The number of anilines is 1. The van der Waals surface area contributed by atoms with Crippen LogP contribution in [0.1, 0.15) is 34.7 Å². The summed E-state index contributed by atoms with van der Waals surface area (Å²) >= 11 is 0. The molecule has 0 aliphatic carbocycles. The molecule has 31 heavy (non-hydrogen) atoms. The maximum Gasteiger partial charge on any atom is 0.257 e. The molecular formula is C24H24F2N4O. The Morgan fingerprint density at radius 2 is 1.87 bits per heavy atom. The van der Waals surface area contributed by atoms with E-state index < -0.39 is 0 Å². The van der Waals surface area contributed by atoms with Gasteiger partial charge in [0.05, 0.1) is 11.3 Å². The van der Waals surface area contributed by atoms with Crippen molar-refractivity contribution in [2.45, 2.75) is 18.8 Å². The molecule has 2 N–H and O–H groups in total. The number of likely N-dealkylation sites (tertiary alicyclic amines) is 1. The SMILES string of the molecule is CN1CCC(c2cc3c(cc2F)c(C(=O)Nc2c[nH]c4ccc(F)cc24)cn3C)CC1. The Hall–Kier alpha value is -3.19. The van der Waals surface area contributed by atoms with Gasteiger partial charge >= 0.3 is 0 Å². The quantitative estimate of drug-likeness (QED) is 0.488. The molecule has 7 heteroatoms. The van der Waals surface area contributed by atoms with Crippen LogP contribution in [-0.2, 0) is 7.05 Å². The number of benzene rings is 2. The number of nitrogens with zero attached hydrogens (tertiary/aromatic N) is 2. The number of nitrogens with one attached hydrogen (secondary N) is 2. The highest BCUT2D eigenvalue weighted by atomic mass is 19.1. The number of aromatic nitrogens is 2. The summed E-state index contributed by atoms with van der Waals surface area (Å²) in [6, 6.07) is 7.72. The Bertz CT molecular complexity index is 1300. The fourth-order valence-corrected chi connectivity index (χ4v) is 4.62. The predicted molar refractivity (Wildman–Crippen MR) is 119 cm³/mol. The third-order valence-electron chi connectivity index (χ3n) is 6.40. The highest BCUT2D eigenvalue weighted by Gasteiger charge is 2.24. The van der Waals surface area contributed by atoms with Crippen LogP contribution in [0.25, 0.3) is 21.8 Å². The van der Waals surface area contributed by atoms with Gasteiger partial charge in [-0.3, -0.25) is 4.79 Å². The first-order valence-corrected chi connectivity index (χ1v) is 10.5. The van der Waals surface area contributed by atoms with Crippen molar-refractivity contribution in [1.82, 2.24) is 14.5 Å². The predicted octanol–water partition coefficient (Wildman–Crippen LogP) is 5.00. The molecule has 1 fully saturated rings. The smallest absolute Gasteiger partial charge is 0.257 e. The largest absolute Gasteiger partial charge is 0.359 e. The van der Waals surface area contributed by atoms with E-state index in [2.05, 4.69) is 22.2 Å². The van der Waals surface area contributed by atoms with Gasteiger partial charge in [0.15, 0.2) is 0 Å². The number of carbonyl (C=O) groups excluding carboxylic acids is 1. The van der Waals surface area contributed by atoms with Crippen LogP contribution in [-0.4, -0.2) is 40.5 Å². The Morgan fingerprint density at radius 1 is 1.10 bits per heavy atom. The molecule has 160 valence electrons. The second kappa shape index (κ2) is 7.50. The van der Waals surface area contributed by atoms with Crippen LogP contribution >= 0.6 is 0 Å². The zero-order valence-corrected chi connectivity index (χ0v) is 17.5. The van der Waals surface area contributed by atoms with Gasteiger partial charge in [0.25, 0.3) is 5.91 Å². The van der Waals surface area contributed by atoms with Crippen molar-refractivity contribution in [2.24, 2.45) is 7.05 Å². The Balaban J connectivity index is 1.49. The van der Waals surface area contributed by atoms with Crippen molar-refractivity contribution < 1.29 is 13.6 Å². The summed E-state index contributed by atoms with van der Waals surface area (Å²) in [5.41, 5.74) is 3.15. The minimum Gasteiger partial charge on any atom is -0.359 e. The fraction of sp³-hybridized carbons (Fsp3) is 0.292. The van der Waals surface area contributed by atoms with Crippen LogP contribution in [0.5, 0.6) is 0 Å². The second-order valence-corrected chi connectivity index (χ2v) is 8.47. The highest BCUT2D eigenvalue weighted by Crippen LogP contribution is 2.34. The molecule has 2 aromatic carbocycles. The van der Waals surface area contributed by atoms with Gasteiger partial charge in [-0.2, -0.15) is 0 Å². The molecule has 5 nitrogen and oxygen atoms in total. The molecule has 0 spiro atoms. The lowest BCUT2D eigenvalue weighted by Crippen LogP contribution is -2.29. The van der Waals surface area contributed by atoms with Gasteiger partial charge < -0.3 is 19.8 Å². The van der Waals surface area contributed by atoms with Crippen LogP contribution in [0.2, 0.25) is 0 Å². The normalized spacial score (nSPS) is 15.7. The van der Waals surface area contributed by atoms with E-state index in [-0.39, 0.29) is 23.5 Å². The van der Waals surface area contributed by atoms with Crippen molar-refractivity contribution in [1.29, 1.82) is 0 Å². The van der Waals surface area contributed by atoms with E-state index in [1.165, 1.54) is 18.2 Å². The van der Waals surface area contributed by atoms with Gasteiger partial charge in [0.1, 0.15) is 11.6 Å². The number of hydrogen-bond acceptors (Lipinski definition) is 2. The molecule has 0 radical (unpaired) electrons. The summed E-state index contributed by atoms with van der Waals surface area (Å²) in [7, 11) is 3.94. The summed E-state index contributed by atoms with van der Waals surface area (Å²) < 4.78 is 30.6. The molecule has 5 rings (SSSR count). The first-order valence-electron chi connectivity index (χ1n) is 10.5. The number of hydrogen-bond donors (Lipinski definition) is 2. The first-order chi connectivity index (χ1) is 14.9. The molecular weight excluding hydrogens is 398 g/mol. The lowest BCUT2D eigenvalue weighted by Gasteiger charge is -2.29. The molecule has 3 heterocycles. The van der Waals surface area contributed by atoms with Crippen LogP contribution in [0.3, 0.4) is 0 Å². The van der Waals surface area contributed by atoms with Crippen LogP contribution in [0.15, 0.2) is 42.7 Å². The Morgan fingerprint density at radius 3 is 2.65 bits per heavy atom. The zero-order valence-electron chi connectivity index (χ0n) is 17.5. The number of aromatic amines is 1.